The Labute approximate surface area is 186 Å². The molecule has 7 nitrogen and oxygen atoms in total. The smallest absolute Gasteiger partial charge is 0.379 e. The molecule has 0 spiro atoms. The van der Waals surface area contributed by atoms with E-state index in [1.54, 1.807) is 12.1 Å². The zero-order valence-electron chi connectivity index (χ0n) is 18.2. The van der Waals surface area contributed by atoms with Crippen molar-refractivity contribution >= 4 is 28.6 Å². The molecule has 1 amide bonds. The molecular weight excluding hydrogens is 408 g/mol. The van der Waals surface area contributed by atoms with Crippen LogP contribution in [-0.4, -0.2) is 54.9 Å². The number of fused-ring (bicyclic) bond motifs is 1. The Kier molecular flexibility index (Phi) is 6.25. The average Bonchev–Trinajstić information content (AvgIpc) is 3.25. The number of H-pyrrole nitrogens is 1. The number of Topliss-reactive ketones (excluding diaryl/α,β-unsaturated/α-hetero) is 1. The maximum absolute atomic E-state index is 13.3. The monoisotopic (exact) mass is 434 g/mol. The van der Waals surface area contributed by atoms with E-state index >= 15 is 0 Å². The van der Waals surface area contributed by atoms with Crippen molar-refractivity contribution < 1.29 is 23.9 Å². The van der Waals surface area contributed by atoms with Crippen LogP contribution in [0.15, 0.2) is 48.7 Å². The maximum Gasteiger partial charge on any atom is 0.379 e. The fourth-order valence-electron chi connectivity index (χ4n) is 4.33. The Bertz CT molecular complexity index is 1140. The van der Waals surface area contributed by atoms with Crippen molar-refractivity contribution in [3.05, 3.63) is 65.4 Å². The van der Waals surface area contributed by atoms with E-state index in [1.165, 1.54) is 18.9 Å². The lowest BCUT2D eigenvalue weighted by Crippen LogP contribution is -2.39. The largest absolute Gasteiger partial charge is 0.496 e. The number of ketones is 1. The first-order valence-electron chi connectivity index (χ1n) is 10.7. The van der Waals surface area contributed by atoms with Crippen molar-refractivity contribution in [2.75, 3.05) is 27.3 Å². The minimum atomic E-state index is -0.949. The first-order chi connectivity index (χ1) is 15.5. The van der Waals surface area contributed by atoms with Crippen molar-refractivity contribution in [3.8, 4) is 5.75 Å². The van der Waals surface area contributed by atoms with E-state index in [9.17, 15) is 14.4 Å². The van der Waals surface area contributed by atoms with Gasteiger partial charge in [-0.3, -0.25) is 9.59 Å². The number of likely N-dealkylation sites (tertiary alicyclic amines) is 1. The number of aromatic nitrogens is 1. The van der Waals surface area contributed by atoms with Crippen LogP contribution in [0, 0.1) is 5.92 Å². The van der Waals surface area contributed by atoms with Gasteiger partial charge in [-0.25, -0.2) is 4.79 Å². The SMILES string of the molecule is COC(=O)C(=O)c1c[nH]c2cc(OC)c(C(=O)N3CCC(Cc4ccccc4)CC3)cc12. The van der Waals surface area contributed by atoms with E-state index < -0.39 is 11.8 Å². The summed E-state index contributed by atoms with van der Waals surface area (Å²) in [6.07, 6.45) is 4.33. The Morgan fingerprint density at radius 3 is 2.41 bits per heavy atom. The number of benzene rings is 2. The summed E-state index contributed by atoms with van der Waals surface area (Å²) >= 11 is 0. The number of aromatic amines is 1. The number of carbonyl (C=O) groups is 3. The molecule has 0 bridgehead atoms. The Morgan fingerprint density at radius 1 is 1.03 bits per heavy atom. The molecule has 0 unspecified atom stereocenters. The molecule has 2 heterocycles. The zero-order chi connectivity index (χ0) is 22.7. The summed E-state index contributed by atoms with van der Waals surface area (Å²) in [6.45, 7) is 1.33. The van der Waals surface area contributed by atoms with Crippen LogP contribution < -0.4 is 4.74 Å². The predicted molar refractivity (Wildman–Crippen MR) is 120 cm³/mol. The number of hydrogen-bond acceptors (Lipinski definition) is 5. The number of rotatable bonds is 6. The normalized spacial score (nSPS) is 14.4. The van der Waals surface area contributed by atoms with Crippen LogP contribution >= 0.6 is 0 Å². The van der Waals surface area contributed by atoms with E-state index in [0.717, 1.165) is 26.4 Å². The molecule has 0 saturated carbocycles. The summed E-state index contributed by atoms with van der Waals surface area (Å²) in [5.74, 6) is -0.883. The highest BCUT2D eigenvalue weighted by Crippen LogP contribution is 2.31. The second-order valence-electron chi connectivity index (χ2n) is 8.05. The standard InChI is InChI=1S/C25H26N2O5/c1-31-22-14-21-18(20(15-26-21)23(28)25(30)32-2)13-19(22)24(29)27-10-8-17(9-11-27)12-16-6-4-3-5-7-16/h3-7,13-15,17,26H,8-12H2,1-2H3. The van der Waals surface area contributed by atoms with E-state index in [1.807, 2.05) is 11.0 Å². The number of methoxy groups -OCH3 is 2. The van der Waals surface area contributed by atoms with Gasteiger partial charge in [0.15, 0.2) is 0 Å². The van der Waals surface area contributed by atoms with Crippen molar-refractivity contribution in [1.82, 2.24) is 9.88 Å². The number of ether oxygens (including phenoxy) is 2. The van der Waals surface area contributed by atoms with Gasteiger partial charge in [0.25, 0.3) is 11.7 Å². The van der Waals surface area contributed by atoms with Gasteiger partial charge in [0, 0.05) is 36.3 Å². The van der Waals surface area contributed by atoms with E-state index in [0.29, 0.717) is 41.2 Å². The molecule has 1 N–H and O–H groups in total. The van der Waals surface area contributed by atoms with Gasteiger partial charge in [0.2, 0.25) is 0 Å². The first kappa shape index (κ1) is 21.6. The Morgan fingerprint density at radius 2 is 1.75 bits per heavy atom. The highest BCUT2D eigenvalue weighted by atomic mass is 16.5. The van der Waals surface area contributed by atoms with Crippen LogP contribution in [0.4, 0.5) is 0 Å². The summed E-state index contributed by atoms with van der Waals surface area (Å²) in [4.78, 5) is 42.2. The summed E-state index contributed by atoms with van der Waals surface area (Å²) in [5, 5.41) is 0.489. The van der Waals surface area contributed by atoms with Gasteiger partial charge in [-0.1, -0.05) is 30.3 Å². The molecule has 32 heavy (non-hydrogen) atoms. The number of nitrogens with zero attached hydrogens (tertiary/aromatic N) is 1. The van der Waals surface area contributed by atoms with Gasteiger partial charge < -0.3 is 19.4 Å². The lowest BCUT2D eigenvalue weighted by molar-refractivity contribution is -0.135. The Balaban J connectivity index is 1.54. The molecule has 2 aromatic carbocycles. The molecule has 1 aliphatic rings. The number of nitrogens with one attached hydrogen (secondary N) is 1. The van der Waals surface area contributed by atoms with Crippen molar-refractivity contribution in [2.24, 2.45) is 5.92 Å². The highest BCUT2D eigenvalue weighted by molar-refractivity contribution is 6.43. The fourth-order valence-corrected chi connectivity index (χ4v) is 4.33. The molecule has 0 radical (unpaired) electrons. The van der Waals surface area contributed by atoms with Crippen LogP contribution in [0.2, 0.25) is 0 Å². The number of carbonyl (C=O) groups excluding carboxylic acids is 3. The third-order valence-electron chi connectivity index (χ3n) is 6.12. The van der Waals surface area contributed by atoms with E-state index in [-0.39, 0.29) is 11.5 Å². The fraction of sp³-hybridized carbons (Fsp3) is 0.320. The van der Waals surface area contributed by atoms with Crippen LogP contribution in [0.3, 0.4) is 0 Å². The van der Waals surface area contributed by atoms with Crippen molar-refractivity contribution in [1.29, 1.82) is 0 Å². The minimum Gasteiger partial charge on any atom is -0.496 e. The van der Waals surface area contributed by atoms with Gasteiger partial charge in [0.05, 0.1) is 25.3 Å². The molecule has 1 aromatic heterocycles. The van der Waals surface area contributed by atoms with Crippen molar-refractivity contribution in [3.63, 3.8) is 0 Å². The second-order valence-corrected chi connectivity index (χ2v) is 8.05. The summed E-state index contributed by atoms with van der Waals surface area (Å²) in [7, 11) is 2.67. The molecule has 0 atom stereocenters. The molecule has 1 fully saturated rings. The van der Waals surface area contributed by atoms with Crippen LogP contribution in [-0.2, 0) is 16.0 Å². The predicted octanol–water partition coefficient (Wildman–Crippen LogP) is 3.63. The maximum atomic E-state index is 13.3. The molecule has 0 aliphatic carbocycles. The van der Waals surface area contributed by atoms with Gasteiger partial charge in [-0.15, -0.1) is 0 Å². The lowest BCUT2D eigenvalue weighted by atomic mass is 9.90. The van der Waals surface area contributed by atoms with Gasteiger partial charge in [-0.05, 0) is 36.8 Å². The van der Waals surface area contributed by atoms with Crippen LogP contribution in [0.5, 0.6) is 5.75 Å². The van der Waals surface area contributed by atoms with Crippen molar-refractivity contribution in [2.45, 2.75) is 19.3 Å². The molecule has 3 aromatic rings. The van der Waals surface area contributed by atoms with Gasteiger partial charge in [-0.2, -0.15) is 0 Å². The summed E-state index contributed by atoms with van der Waals surface area (Å²) < 4.78 is 10.0. The molecule has 7 heteroatoms. The third kappa shape index (κ3) is 4.23. The molecule has 4 rings (SSSR count). The topological polar surface area (TPSA) is 88.7 Å². The average molecular weight is 434 g/mol. The molecular formula is C25H26N2O5. The molecule has 1 aliphatic heterocycles. The van der Waals surface area contributed by atoms with Crippen LogP contribution in [0.25, 0.3) is 10.9 Å². The Hall–Kier alpha value is -3.61. The second kappa shape index (κ2) is 9.26. The highest BCUT2D eigenvalue weighted by Gasteiger charge is 2.28. The summed E-state index contributed by atoms with van der Waals surface area (Å²) in [6, 6.07) is 13.7. The minimum absolute atomic E-state index is 0.139. The zero-order valence-corrected chi connectivity index (χ0v) is 18.2. The first-order valence-corrected chi connectivity index (χ1v) is 10.7. The van der Waals surface area contributed by atoms with Crippen LogP contribution in [0.1, 0.15) is 39.1 Å². The molecule has 166 valence electrons. The number of piperidine rings is 1. The van der Waals surface area contributed by atoms with E-state index in [4.69, 9.17) is 4.74 Å². The number of amides is 1. The third-order valence-corrected chi connectivity index (χ3v) is 6.12. The quantitative estimate of drug-likeness (QED) is 0.364. The number of esters is 1. The van der Waals surface area contributed by atoms with Gasteiger partial charge in [0.1, 0.15) is 5.75 Å². The van der Waals surface area contributed by atoms with E-state index in [2.05, 4.69) is 34.0 Å². The lowest BCUT2D eigenvalue weighted by Gasteiger charge is -2.32. The van der Waals surface area contributed by atoms with Gasteiger partial charge >= 0.3 is 5.97 Å². The summed E-state index contributed by atoms with van der Waals surface area (Å²) in [5.41, 5.74) is 2.47. The molecule has 1 saturated heterocycles. The number of hydrogen-bond donors (Lipinski definition) is 1.